The molecule has 4 rings (SSSR count). The predicted molar refractivity (Wildman–Crippen MR) is 99.0 cm³/mol. The number of aromatic nitrogens is 2. The molecule has 1 aromatic heterocycles. The number of rotatable bonds is 3. The van der Waals surface area contributed by atoms with Crippen LogP contribution in [-0.2, 0) is 0 Å². The molecule has 4 aromatic rings. The maximum atomic E-state index is 12.5. The van der Waals surface area contributed by atoms with Crippen LogP contribution in [-0.4, -0.2) is 9.97 Å². The van der Waals surface area contributed by atoms with Gasteiger partial charge in [0, 0.05) is 5.92 Å². The standard InChI is InChI=1S/C21H16N2O2/c24-20-19-16(12-7-13-17(19)22-21(25)23-20)18(14-8-3-1-4-9-14)15-10-5-2-6-11-15/h1-13,18H,(H2,22,23,24,25). The summed E-state index contributed by atoms with van der Waals surface area (Å²) in [4.78, 5) is 29.2. The Morgan fingerprint density at radius 1 is 0.640 bits per heavy atom. The Bertz CT molecular complexity index is 1090. The quantitative estimate of drug-likeness (QED) is 0.566. The molecule has 0 bridgehead atoms. The SMILES string of the molecule is O=c1[nH]c(=O)c2c(C(c3ccccc3)c3ccccc3)cccc2[nH]1. The molecule has 4 nitrogen and oxygen atoms in total. The van der Waals surface area contributed by atoms with E-state index < -0.39 is 5.69 Å². The molecular weight excluding hydrogens is 312 g/mol. The van der Waals surface area contributed by atoms with Crippen LogP contribution in [0, 0.1) is 0 Å². The molecule has 25 heavy (non-hydrogen) atoms. The summed E-state index contributed by atoms with van der Waals surface area (Å²) in [5.74, 6) is -0.0990. The van der Waals surface area contributed by atoms with Gasteiger partial charge in [0.05, 0.1) is 10.9 Å². The molecule has 0 radical (unpaired) electrons. The first kappa shape index (κ1) is 15.1. The Hall–Kier alpha value is -3.40. The van der Waals surface area contributed by atoms with Crippen molar-refractivity contribution in [3.05, 3.63) is 116 Å². The van der Waals surface area contributed by atoms with Crippen LogP contribution in [0.5, 0.6) is 0 Å². The van der Waals surface area contributed by atoms with Gasteiger partial charge in [0.2, 0.25) is 0 Å². The lowest BCUT2D eigenvalue weighted by Gasteiger charge is -2.20. The molecular formula is C21H16N2O2. The summed E-state index contributed by atoms with van der Waals surface area (Å²) in [6, 6.07) is 25.7. The van der Waals surface area contributed by atoms with Gasteiger partial charge in [0.15, 0.2) is 0 Å². The predicted octanol–water partition coefficient (Wildman–Crippen LogP) is 3.40. The van der Waals surface area contributed by atoms with Crippen molar-refractivity contribution in [1.29, 1.82) is 0 Å². The third-order valence-electron chi connectivity index (χ3n) is 4.38. The molecule has 0 atom stereocenters. The van der Waals surface area contributed by atoms with Gasteiger partial charge in [-0.05, 0) is 22.8 Å². The van der Waals surface area contributed by atoms with E-state index >= 15 is 0 Å². The van der Waals surface area contributed by atoms with Gasteiger partial charge in [-0.25, -0.2) is 4.79 Å². The minimum absolute atomic E-state index is 0.0990. The van der Waals surface area contributed by atoms with Crippen molar-refractivity contribution < 1.29 is 0 Å². The monoisotopic (exact) mass is 328 g/mol. The number of benzene rings is 3. The van der Waals surface area contributed by atoms with Crippen molar-refractivity contribution in [3.8, 4) is 0 Å². The van der Waals surface area contributed by atoms with Crippen molar-refractivity contribution in [2.24, 2.45) is 0 Å². The average Bonchev–Trinajstić information content (AvgIpc) is 2.63. The normalized spacial score (nSPS) is 11.1. The summed E-state index contributed by atoms with van der Waals surface area (Å²) in [6.07, 6.45) is 0. The third-order valence-corrected chi connectivity index (χ3v) is 4.38. The van der Waals surface area contributed by atoms with Gasteiger partial charge in [-0.1, -0.05) is 72.8 Å². The van der Waals surface area contributed by atoms with E-state index in [0.29, 0.717) is 10.9 Å². The topological polar surface area (TPSA) is 65.7 Å². The summed E-state index contributed by atoms with van der Waals surface area (Å²) in [5, 5.41) is 0.514. The van der Waals surface area contributed by atoms with E-state index in [-0.39, 0.29) is 11.5 Å². The van der Waals surface area contributed by atoms with Gasteiger partial charge in [-0.15, -0.1) is 0 Å². The van der Waals surface area contributed by atoms with E-state index in [0.717, 1.165) is 16.7 Å². The number of nitrogens with one attached hydrogen (secondary N) is 2. The van der Waals surface area contributed by atoms with Crippen molar-refractivity contribution in [2.75, 3.05) is 0 Å². The fourth-order valence-corrected chi connectivity index (χ4v) is 3.33. The highest BCUT2D eigenvalue weighted by Gasteiger charge is 2.20. The zero-order valence-electron chi connectivity index (χ0n) is 13.4. The molecule has 3 aromatic carbocycles. The van der Waals surface area contributed by atoms with Crippen LogP contribution >= 0.6 is 0 Å². The van der Waals surface area contributed by atoms with Crippen molar-refractivity contribution in [3.63, 3.8) is 0 Å². The number of aromatic amines is 2. The fourth-order valence-electron chi connectivity index (χ4n) is 3.33. The molecule has 0 aliphatic rings. The molecule has 0 spiro atoms. The van der Waals surface area contributed by atoms with Crippen LogP contribution in [0.25, 0.3) is 10.9 Å². The van der Waals surface area contributed by atoms with Gasteiger partial charge < -0.3 is 4.98 Å². The first-order chi connectivity index (χ1) is 12.2. The van der Waals surface area contributed by atoms with Gasteiger partial charge in [-0.2, -0.15) is 0 Å². The van der Waals surface area contributed by atoms with Crippen molar-refractivity contribution in [1.82, 2.24) is 9.97 Å². The lowest BCUT2D eigenvalue weighted by molar-refractivity contribution is 0.978. The first-order valence-corrected chi connectivity index (χ1v) is 8.09. The highest BCUT2D eigenvalue weighted by molar-refractivity contribution is 5.82. The minimum Gasteiger partial charge on any atom is -0.307 e. The molecule has 0 aliphatic carbocycles. The van der Waals surface area contributed by atoms with Gasteiger partial charge in [0.1, 0.15) is 0 Å². The van der Waals surface area contributed by atoms with Gasteiger partial charge in [-0.3, -0.25) is 9.78 Å². The maximum Gasteiger partial charge on any atom is 0.326 e. The summed E-state index contributed by atoms with van der Waals surface area (Å²) in [7, 11) is 0. The lowest BCUT2D eigenvalue weighted by atomic mass is 9.83. The van der Waals surface area contributed by atoms with Crippen LogP contribution in [0.2, 0.25) is 0 Å². The zero-order valence-corrected chi connectivity index (χ0v) is 13.4. The Morgan fingerprint density at radius 2 is 1.24 bits per heavy atom. The molecule has 2 N–H and O–H groups in total. The smallest absolute Gasteiger partial charge is 0.307 e. The van der Waals surface area contributed by atoms with E-state index in [9.17, 15) is 9.59 Å². The fraction of sp³-hybridized carbons (Fsp3) is 0.0476. The van der Waals surface area contributed by atoms with Crippen molar-refractivity contribution >= 4 is 10.9 Å². The van der Waals surface area contributed by atoms with E-state index in [4.69, 9.17) is 0 Å². The van der Waals surface area contributed by atoms with E-state index in [2.05, 4.69) is 34.2 Å². The number of hydrogen-bond donors (Lipinski definition) is 2. The largest absolute Gasteiger partial charge is 0.326 e. The third kappa shape index (κ3) is 2.78. The molecule has 0 aliphatic heterocycles. The maximum absolute atomic E-state index is 12.5. The average molecular weight is 328 g/mol. The molecule has 0 amide bonds. The minimum atomic E-state index is -0.495. The number of H-pyrrole nitrogens is 2. The van der Waals surface area contributed by atoms with Gasteiger partial charge in [0.25, 0.3) is 5.56 Å². The Labute approximate surface area is 143 Å². The van der Waals surface area contributed by atoms with Gasteiger partial charge >= 0.3 is 5.69 Å². The van der Waals surface area contributed by atoms with E-state index in [1.54, 1.807) is 6.07 Å². The molecule has 0 fully saturated rings. The molecule has 0 unspecified atom stereocenters. The van der Waals surface area contributed by atoms with Crippen LogP contribution < -0.4 is 11.2 Å². The Balaban J connectivity index is 2.06. The summed E-state index contributed by atoms with van der Waals surface area (Å²) < 4.78 is 0. The second-order valence-electron chi connectivity index (χ2n) is 5.93. The highest BCUT2D eigenvalue weighted by Crippen LogP contribution is 2.34. The van der Waals surface area contributed by atoms with E-state index in [1.165, 1.54) is 0 Å². The molecule has 4 heteroatoms. The zero-order chi connectivity index (χ0) is 17.2. The molecule has 122 valence electrons. The van der Waals surface area contributed by atoms with Crippen LogP contribution in [0.15, 0.2) is 88.5 Å². The molecule has 1 heterocycles. The van der Waals surface area contributed by atoms with Crippen LogP contribution in [0.1, 0.15) is 22.6 Å². The summed E-state index contributed by atoms with van der Waals surface area (Å²) in [5.41, 5.74) is 2.73. The summed E-state index contributed by atoms with van der Waals surface area (Å²) >= 11 is 0. The number of hydrogen-bond acceptors (Lipinski definition) is 2. The molecule has 0 saturated heterocycles. The van der Waals surface area contributed by atoms with E-state index in [1.807, 2.05) is 48.5 Å². The Kier molecular flexibility index (Phi) is 3.78. The molecule has 0 saturated carbocycles. The first-order valence-electron chi connectivity index (χ1n) is 8.09. The van der Waals surface area contributed by atoms with Crippen LogP contribution in [0.3, 0.4) is 0 Å². The van der Waals surface area contributed by atoms with Crippen LogP contribution in [0.4, 0.5) is 0 Å². The number of fused-ring (bicyclic) bond motifs is 1. The second-order valence-corrected chi connectivity index (χ2v) is 5.93. The summed E-state index contributed by atoms with van der Waals surface area (Å²) in [6.45, 7) is 0. The lowest BCUT2D eigenvalue weighted by Crippen LogP contribution is -2.23. The highest BCUT2D eigenvalue weighted by atomic mass is 16.2. The second kappa shape index (κ2) is 6.24. The Morgan fingerprint density at radius 3 is 1.84 bits per heavy atom. The van der Waals surface area contributed by atoms with Crippen molar-refractivity contribution in [2.45, 2.75) is 5.92 Å².